The van der Waals surface area contributed by atoms with E-state index in [-0.39, 0.29) is 23.2 Å². The molecular formula is C17H15N5O2. The number of nitrogens with two attached hydrogens (primary N) is 1. The molecule has 2 aromatic rings. The minimum Gasteiger partial charge on any atom is -0.383 e. The standard InChI is InChI=1S/C17H15N5O2/c1-10(23)21-15-8-11(5-6-19-15)12-7-14(16(18)20-9-12)17(24)22-13-3-2-4-13/h2,5-9H,3H2,1H3,(H2,18,20)(H,22,24)(H,19,21,23). The van der Waals surface area contributed by atoms with Gasteiger partial charge in [-0.05, 0) is 29.8 Å². The normalized spacial score (nSPS) is 12.1. The lowest BCUT2D eigenvalue weighted by atomic mass is 10.1. The number of carbonyl (C=O) groups excluding carboxylic acids is 2. The van der Waals surface area contributed by atoms with E-state index in [0.29, 0.717) is 17.8 Å². The van der Waals surface area contributed by atoms with Gasteiger partial charge in [0.15, 0.2) is 0 Å². The van der Waals surface area contributed by atoms with E-state index < -0.39 is 0 Å². The third-order valence-electron chi connectivity index (χ3n) is 3.41. The van der Waals surface area contributed by atoms with Gasteiger partial charge in [-0.3, -0.25) is 9.59 Å². The van der Waals surface area contributed by atoms with Gasteiger partial charge in [-0.15, -0.1) is 5.73 Å². The van der Waals surface area contributed by atoms with Crippen LogP contribution in [0.4, 0.5) is 11.6 Å². The Bertz CT molecular complexity index is 898. The lowest BCUT2D eigenvalue weighted by molar-refractivity contribution is -0.114. The highest BCUT2D eigenvalue weighted by molar-refractivity contribution is 6.00. The number of nitrogens with one attached hydrogen (secondary N) is 2. The average molecular weight is 321 g/mol. The van der Waals surface area contributed by atoms with E-state index in [1.807, 2.05) is 6.08 Å². The molecule has 1 aliphatic rings. The van der Waals surface area contributed by atoms with Crippen LogP contribution in [0, 0.1) is 0 Å². The van der Waals surface area contributed by atoms with Crippen molar-refractivity contribution in [3.8, 4) is 11.1 Å². The van der Waals surface area contributed by atoms with Gasteiger partial charge in [-0.25, -0.2) is 9.97 Å². The lowest BCUT2D eigenvalue weighted by Crippen LogP contribution is -2.25. The number of carbonyl (C=O) groups is 2. The van der Waals surface area contributed by atoms with Crippen LogP contribution in [0.15, 0.2) is 48.1 Å². The van der Waals surface area contributed by atoms with Gasteiger partial charge in [0.05, 0.1) is 11.3 Å². The number of pyridine rings is 2. The average Bonchev–Trinajstić information content (AvgIpc) is 2.51. The van der Waals surface area contributed by atoms with Crippen molar-refractivity contribution >= 4 is 23.5 Å². The highest BCUT2D eigenvalue weighted by atomic mass is 16.2. The first-order valence-electron chi connectivity index (χ1n) is 7.28. The van der Waals surface area contributed by atoms with Gasteiger partial charge in [0, 0.05) is 31.3 Å². The zero-order valence-corrected chi connectivity index (χ0v) is 13.0. The predicted octanol–water partition coefficient (Wildman–Crippen LogP) is 1.86. The van der Waals surface area contributed by atoms with Gasteiger partial charge in [-0.2, -0.15) is 0 Å². The van der Waals surface area contributed by atoms with Crippen LogP contribution in [0.1, 0.15) is 23.7 Å². The molecule has 7 nitrogen and oxygen atoms in total. The summed E-state index contributed by atoms with van der Waals surface area (Å²) in [5.74, 6) is 0.0365. The van der Waals surface area contributed by atoms with Gasteiger partial charge in [0.2, 0.25) is 5.91 Å². The van der Waals surface area contributed by atoms with E-state index >= 15 is 0 Å². The molecule has 0 spiro atoms. The summed E-state index contributed by atoms with van der Waals surface area (Å²) in [5.41, 5.74) is 11.2. The summed E-state index contributed by atoms with van der Waals surface area (Å²) >= 11 is 0. The smallest absolute Gasteiger partial charge is 0.259 e. The summed E-state index contributed by atoms with van der Waals surface area (Å²) in [6.07, 6.45) is 5.65. The Balaban J connectivity index is 1.91. The van der Waals surface area contributed by atoms with E-state index in [1.54, 1.807) is 30.6 Å². The Labute approximate surface area is 138 Å². The number of nitrogen functional groups attached to an aromatic ring is 1. The minimum absolute atomic E-state index is 0.149. The van der Waals surface area contributed by atoms with Gasteiger partial charge >= 0.3 is 0 Å². The van der Waals surface area contributed by atoms with Gasteiger partial charge in [-0.1, -0.05) is 0 Å². The van der Waals surface area contributed by atoms with Crippen LogP contribution >= 0.6 is 0 Å². The molecule has 2 aromatic heterocycles. The van der Waals surface area contributed by atoms with Crippen LogP contribution in [0.3, 0.4) is 0 Å². The number of hydrogen-bond donors (Lipinski definition) is 3. The van der Waals surface area contributed by atoms with Crippen LogP contribution < -0.4 is 16.4 Å². The molecule has 2 heterocycles. The van der Waals surface area contributed by atoms with Crippen molar-refractivity contribution in [3.05, 3.63) is 53.7 Å². The number of anilines is 2. The zero-order valence-electron chi connectivity index (χ0n) is 13.0. The second kappa shape index (κ2) is 6.36. The molecule has 0 saturated heterocycles. The third-order valence-corrected chi connectivity index (χ3v) is 3.41. The second-order valence-electron chi connectivity index (χ2n) is 5.25. The first kappa shape index (κ1) is 15.5. The molecule has 120 valence electrons. The Hall–Kier alpha value is -3.44. The summed E-state index contributed by atoms with van der Waals surface area (Å²) in [5, 5.41) is 5.35. The first-order valence-corrected chi connectivity index (χ1v) is 7.28. The molecule has 7 heteroatoms. The molecule has 0 saturated carbocycles. The number of nitrogens with zero attached hydrogens (tertiary/aromatic N) is 2. The molecule has 3 rings (SSSR count). The van der Waals surface area contributed by atoms with Crippen molar-refractivity contribution in [1.82, 2.24) is 15.3 Å². The van der Waals surface area contributed by atoms with Crippen molar-refractivity contribution in [2.75, 3.05) is 11.1 Å². The molecule has 0 fully saturated rings. The first-order chi connectivity index (χ1) is 11.5. The van der Waals surface area contributed by atoms with Crippen molar-refractivity contribution in [2.24, 2.45) is 0 Å². The number of amides is 2. The van der Waals surface area contributed by atoms with E-state index in [4.69, 9.17) is 5.73 Å². The van der Waals surface area contributed by atoms with E-state index in [1.165, 1.54) is 6.92 Å². The maximum absolute atomic E-state index is 12.3. The van der Waals surface area contributed by atoms with E-state index in [0.717, 1.165) is 11.3 Å². The van der Waals surface area contributed by atoms with Crippen molar-refractivity contribution in [3.63, 3.8) is 0 Å². The highest BCUT2D eigenvalue weighted by Gasteiger charge is 2.15. The number of aromatic nitrogens is 2. The van der Waals surface area contributed by atoms with Crippen LogP contribution in [-0.4, -0.2) is 21.8 Å². The topological polar surface area (TPSA) is 110 Å². The number of rotatable bonds is 4. The Morgan fingerprint density at radius 1 is 1.21 bits per heavy atom. The monoisotopic (exact) mass is 321 g/mol. The van der Waals surface area contributed by atoms with Crippen molar-refractivity contribution in [2.45, 2.75) is 13.3 Å². The summed E-state index contributed by atoms with van der Waals surface area (Å²) in [6.45, 7) is 1.41. The zero-order chi connectivity index (χ0) is 17.1. The van der Waals surface area contributed by atoms with Crippen molar-refractivity contribution < 1.29 is 9.59 Å². The summed E-state index contributed by atoms with van der Waals surface area (Å²) in [4.78, 5) is 31.6. The summed E-state index contributed by atoms with van der Waals surface area (Å²) in [7, 11) is 0. The quantitative estimate of drug-likeness (QED) is 0.745. The molecule has 1 aliphatic carbocycles. The van der Waals surface area contributed by atoms with E-state index in [2.05, 4.69) is 26.3 Å². The summed E-state index contributed by atoms with van der Waals surface area (Å²) < 4.78 is 0. The molecule has 0 radical (unpaired) electrons. The van der Waals surface area contributed by atoms with E-state index in [9.17, 15) is 9.59 Å². The third kappa shape index (κ3) is 3.31. The van der Waals surface area contributed by atoms with Crippen molar-refractivity contribution in [1.29, 1.82) is 0 Å². The van der Waals surface area contributed by atoms with Crippen LogP contribution in [0.25, 0.3) is 11.1 Å². The Kier molecular flexibility index (Phi) is 4.09. The Morgan fingerprint density at radius 2 is 2.00 bits per heavy atom. The second-order valence-corrected chi connectivity index (χ2v) is 5.25. The largest absolute Gasteiger partial charge is 0.383 e. The maximum Gasteiger partial charge on any atom is 0.259 e. The molecule has 0 aromatic carbocycles. The fraction of sp³-hybridized carbons (Fsp3) is 0.118. The van der Waals surface area contributed by atoms with Crippen LogP contribution in [0.2, 0.25) is 0 Å². The summed E-state index contributed by atoms with van der Waals surface area (Å²) in [6, 6.07) is 5.12. The Morgan fingerprint density at radius 3 is 2.67 bits per heavy atom. The van der Waals surface area contributed by atoms with Gasteiger partial charge in [0.1, 0.15) is 11.6 Å². The molecule has 0 atom stereocenters. The SMILES string of the molecule is CC(=O)Nc1cc(-c2cnc(N)c(C(=O)NC3=C=CC3)c2)ccn1. The molecule has 24 heavy (non-hydrogen) atoms. The number of hydrogen-bond acceptors (Lipinski definition) is 5. The minimum atomic E-state index is -0.325. The van der Waals surface area contributed by atoms with Crippen LogP contribution in [0.5, 0.6) is 0 Å². The fourth-order valence-corrected chi connectivity index (χ4v) is 2.17. The van der Waals surface area contributed by atoms with Gasteiger partial charge in [0.25, 0.3) is 5.91 Å². The molecule has 2 amide bonds. The maximum atomic E-state index is 12.3. The molecule has 0 bridgehead atoms. The van der Waals surface area contributed by atoms with Crippen LogP contribution in [-0.2, 0) is 4.79 Å². The molecule has 0 unspecified atom stereocenters. The predicted molar refractivity (Wildman–Crippen MR) is 89.9 cm³/mol. The highest BCUT2D eigenvalue weighted by Crippen LogP contribution is 2.24. The molecule has 0 aliphatic heterocycles. The lowest BCUT2D eigenvalue weighted by Gasteiger charge is -2.12. The molecular weight excluding hydrogens is 306 g/mol. The fourth-order valence-electron chi connectivity index (χ4n) is 2.17. The van der Waals surface area contributed by atoms with Gasteiger partial charge < -0.3 is 16.4 Å². The molecule has 4 N–H and O–H groups in total.